The van der Waals surface area contributed by atoms with Gasteiger partial charge < -0.3 is 10.1 Å². The number of carbonyl (C=O) groups excluding carboxylic acids is 2. The molecule has 9 nitrogen and oxygen atoms in total. The van der Waals surface area contributed by atoms with Gasteiger partial charge in [-0.1, -0.05) is 11.6 Å². The molecular weight excluding hydrogens is 427 g/mol. The molecule has 0 fully saturated rings. The molecule has 29 heavy (non-hydrogen) atoms. The second-order valence-corrected chi connectivity index (χ2v) is 6.42. The number of esters is 1. The number of hydrogen-bond acceptors (Lipinski definition) is 6. The van der Waals surface area contributed by atoms with Crippen molar-refractivity contribution >= 4 is 35.7 Å². The van der Waals surface area contributed by atoms with Crippen molar-refractivity contribution in [2.24, 2.45) is 14.1 Å². The Balaban J connectivity index is 2.56. The first-order chi connectivity index (χ1) is 13.6. The van der Waals surface area contributed by atoms with Crippen molar-refractivity contribution in [3.05, 3.63) is 66.6 Å². The summed E-state index contributed by atoms with van der Waals surface area (Å²) in [4.78, 5) is 48.5. The lowest BCUT2D eigenvalue weighted by Gasteiger charge is -2.13. The fraction of sp³-hybridized carbons (Fsp3) is 0.235. The summed E-state index contributed by atoms with van der Waals surface area (Å²) in [5, 5.41) is 2.01. The summed E-state index contributed by atoms with van der Waals surface area (Å²) >= 11 is 10.9. The quantitative estimate of drug-likeness (QED) is 0.424. The van der Waals surface area contributed by atoms with Gasteiger partial charge in [-0.15, -0.1) is 0 Å². The van der Waals surface area contributed by atoms with E-state index in [0.717, 1.165) is 33.5 Å². The van der Waals surface area contributed by atoms with Gasteiger partial charge in [-0.25, -0.2) is 23.3 Å². The number of nitrogens with zero attached hydrogens (tertiary/aromatic N) is 3. The summed E-state index contributed by atoms with van der Waals surface area (Å²) in [5.41, 5.74) is -2.50. The SMILES string of the molecule is CCOC(=O)C=CNC(=O)c1cc(-n2c(=O)n(C)c(=S)n(C)c2=O)c(F)cc1Cl. The van der Waals surface area contributed by atoms with E-state index in [4.69, 9.17) is 23.8 Å². The molecule has 12 heteroatoms. The Morgan fingerprint density at radius 2 is 1.83 bits per heavy atom. The minimum atomic E-state index is -0.995. The standard InChI is InChI=1S/C17H16ClFN4O5S/c1-4-28-13(24)5-6-20-14(25)9-7-12(11(19)8-10(9)18)23-15(26)21(2)17(29)22(3)16(23)27/h5-8H,4H2,1-3H3,(H,20,25). The highest BCUT2D eigenvalue weighted by molar-refractivity contribution is 7.71. The van der Waals surface area contributed by atoms with E-state index in [1.165, 1.54) is 14.1 Å². The second-order valence-electron chi connectivity index (χ2n) is 5.64. The van der Waals surface area contributed by atoms with Gasteiger partial charge in [-0.05, 0) is 31.3 Å². The fourth-order valence-electron chi connectivity index (χ4n) is 2.31. The molecule has 0 saturated carbocycles. The van der Waals surface area contributed by atoms with Gasteiger partial charge in [0.05, 0.1) is 22.9 Å². The molecule has 1 amide bonds. The first-order valence-corrected chi connectivity index (χ1v) is 8.91. The number of rotatable bonds is 5. The maximum absolute atomic E-state index is 14.5. The summed E-state index contributed by atoms with van der Waals surface area (Å²) < 4.78 is 21.6. The van der Waals surface area contributed by atoms with Crippen molar-refractivity contribution in [1.29, 1.82) is 0 Å². The molecule has 2 aromatic rings. The predicted octanol–water partition coefficient (Wildman–Crippen LogP) is 1.20. The molecule has 0 aliphatic carbocycles. The molecule has 154 valence electrons. The van der Waals surface area contributed by atoms with Crippen molar-refractivity contribution in [1.82, 2.24) is 19.0 Å². The van der Waals surface area contributed by atoms with Gasteiger partial charge in [0.2, 0.25) is 0 Å². The van der Waals surface area contributed by atoms with E-state index in [1.54, 1.807) is 6.92 Å². The van der Waals surface area contributed by atoms with E-state index in [-0.39, 0.29) is 22.0 Å². The number of benzene rings is 1. The van der Waals surface area contributed by atoms with Crippen LogP contribution in [0.15, 0.2) is 34.0 Å². The van der Waals surface area contributed by atoms with E-state index in [1.807, 2.05) is 0 Å². The number of ether oxygens (including phenoxy) is 1. The number of nitrogens with one attached hydrogen (secondary N) is 1. The smallest absolute Gasteiger partial charge is 0.338 e. The third-order valence-corrected chi connectivity index (χ3v) is 4.63. The Hall–Kier alpha value is -3.05. The van der Waals surface area contributed by atoms with Gasteiger partial charge in [-0.2, -0.15) is 0 Å². The fourth-order valence-corrected chi connectivity index (χ4v) is 2.71. The highest BCUT2D eigenvalue weighted by Gasteiger charge is 2.19. The Kier molecular flexibility index (Phi) is 6.88. The van der Waals surface area contributed by atoms with Crippen molar-refractivity contribution in [2.45, 2.75) is 6.92 Å². The Morgan fingerprint density at radius 1 is 1.24 bits per heavy atom. The molecule has 0 radical (unpaired) electrons. The highest BCUT2D eigenvalue weighted by Crippen LogP contribution is 2.22. The van der Waals surface area contributed by atoms with Gasteiger partial charge >= 0.3 is 17.3 Å². The second kappa shape index (κ2) is 8.97. The minimum Gasteiger partial charge on any atom is -0.463 e. The third-order valence-electron chi connectivity index (χ3n) is 3.77. The normalized spacial score (nSPS) is 10.9. The molecule has 1 aromatic carbocycles. The van der Waals surface area contributed by atoms with Crippen LogP contribution in [0.4, 0.5) is 4.39 Å². The lowest BCUT2D eigenvalue weighted by atomic mass is 10.1. The summed E-state index contributed by atoms with van der Waals surface area (Å²) in [5.74, 6) is -2.47. The molecule has 0 spiro atoms. The maximum Gasteiger partial charge on any atom is 0.338 e. The molecule has 1 aromatic heterocycles. The van der Waals surface area contributed by atoms with Crippen molar-refractivity contribution < 1.29 is 18.7 Å². The van der Waals surface area contributed by atoms with Crippen molar-refractivity contribution in [3.63, 3.8) is 0 Å². The van der Waals surface area contributed by atoms with Crippen molar-refractivity contribution in [2.75, 3.05) is 6.61 Å². The topological polar surface area (TPSA) is 104 Å². The molecule has 1 heterocycles. The number of amides is 1. The number of carbonyl (C=O) groups is 2. The van der Waals surface area contributed by atoms with Gasteiger partial charge in [0.15, 0.2) is 4.77 Å². The minimum absolute atomic E-state index is 0.0623. The van der Waals surface area contributed by atoms with E-state index < -0.39 is 34.8 Å². The lowest BCUT2D eigenvalue weighted by Crippen LogP contribution is -2.44. The van der Waals surface area contributed by atoms with Crippen LogP contribution in [0.3, 0.4) is 0 Å². The van der Waals surface area contributed by atoms with Gasteiger partial charge in [-0.3, -0.25) is 13.9 Å². The first kappa shape index (κ1) is 22.2. The molecule has 0 bridgehead atoms. The van der Waals surface area contributed by atoms with Crippen LogP contribution in [0.5, 0.6) is 0 Å². The molecule has 0 saturated heterocycles. The Labute approximate surface area is 173 Å². The molecule has 0 aliphatic rings. The number of aromatic nitrogens is 3. The summed E-state index contributed by atoms with van der Waals surface area (Å²) in [6.07, 6.45) is 2.00. The summed E-state index contributed by atoms with van der Waals surface area (Å²) in [6.45, 7) is 1.78. The van der Waals surface area contributed by atoms with Gasteiger partial charge in [0, 0.05) is 26.4 Å². The highest BCUT2D eigenvalue weighted by atomic mass is 35.5. The van der Waals surface area contributed by atoms with Crippen LogP contribution in [0.25, 0.3) is 5.69 Å². The van der Waals surface area contributed by atoms with E-state index >= 15 is 0 Å². The maximum atomic E-state index is 14.5. The molecule has 1 N–H and O–H groups in total. The van der Waals surface area contributed by atoms with Crippen LogP contribution in [0.2, 0.25) is 5.02 Å². The van der Waals surface area contributed by atoms with Crippen LogP contribution in [0.1, 0.15) is 17.3 Å². The zero-order valence-corrected chi connectivity index (χ0v) is 17.1. The van der Waals surface area contributed by atoms with Crippen LogP contribution >= 0.6 is 23.8 Å². The molecule has 0 atom stereocenters. The molecule has 0 unspecified atom stereocenters. The molecule has 0 aliphatic heterocycles. The van der Waals surface area contributed by atoms with Gasteiger partial charge in [0.1, 0.15) is 5.82 Å². The molecule has 2 rings (SSSR count). The molecular formula is C17H16ClFN4O5S. The van der Waals surface area contributed by atoms with Crippen LogP contribution in [-0.4, -0.2) is 32.2 Å². The average Bonchev–Trinajstić information content (AvgIpc) is 2.66. The predicted molar refractivity (Wildman–Crippen MR) is 105 cm³/mol. The Morgan fingerprint density at radius 3 is 2.38 bits per heavy atom. The summed E-state index contributed by atoms with van der Waals surface area (Å²) in [7, 11) is 2.64. The number of hydrogen-bond donors (Lipinski definition) is 1. The van der Waals surface area contributed by atoms with E-state index in [2.05, 4.69) is 10.1 Å². The largest absolute Gasteiger partial charge is 0.463 e. The monoisotopic (exact) mass is 442 g/mol. The van der Waals surface area contributed by atoms with Crippen LogP contribution in [-0.2, 0) is 23.6 Å². The van der Waals surface area contributed by atoms with E-state index in [9.17, 15) is 23.6 Å². The zero-order chi connectivity index (χ0) is 21.9. The van der Waals surface area contributed by atoms with Gasteiger partial charge in [0.25, 0.3) is 5.91 Å². The first-order valence-electron chi connectivity index (χ1n) is 8.12. The lowest BCUT2D eigenvalue weighted by molar-refractivity contribution is -0.137. The van der Waals surface area contributed by atoms with Crippen LogP contribution in [0, 0.1) is 10.6 Å². The summed E-state index contributed by atoms with van der Waals surface area (Å²) in [6, 6.07) is 1.76. The van der Waals surface area contributed by atoms with Crippen LogP contribution < -0.4 is 16.7 Å². The zero-order valence-electron chi connectivity index (χ0n) is 15.6. The van der Waals surface area contributed by atoms with E-state index in [0.29, 0.717) is 4.57 Å². The number of halogens is 2. The average molecular weight is 443 g/mol. The Bertz CT molecular complexity index is 1160. The van der Waals surface area contributed by atoms with Crippen molar-refractivity contribution in [3.8, 4) is 5.69 Å². The third kappa shape index (κ3) is 4.51.